The van der Waals surface area contributed by atoms with Gasteiger partial charge in [-0.2, -0.15) is 8.78 Å². The average Bonchev–Trinajstić information content (AvgIpc) is 3.07. The van der Waals surface area contributed by atoms with Crippen molar-refractivity contribution in [2.45, 2.75) is 26.5 Å². The highest BCUT2D eigenvalue weighted by molar-refractivity contribution is 7.13. The van der Waals surface area contributed by atoms with Gasteiger partial charge in [-0.1, -0.05) is 36.4 Å². The van der Waals surface area contributed by atoms with Gasteiger partial charge in [0.15, 0.2) is 11.5 Å². The molecule has 1 aromatic heterocycles. The third-order valence-electron chi connectivity index (χ3n) is 4.14. The number of alkyl halides is 2. The minimum atomic E-state index is -2.94. The van der Waals surface area contributed by atoms with Crippen molar-refractivity contribution in [3.05, 3.63) is 75.2 Å². The fourth-order valence-electron chi connectivity index (χ4n) is 2.79. The van der Waals surface area contributed by atoms with Gasteiger partial charge in [0.25, 0.3) is 5.91 Å². The van der Waals surface area contributed by atoms with Gasteiger partial charge in [-0.25, -0.2) is 4.98 Å². The molecule has 5 nitrogen and oxygen atoms in total. The third kappa shape index (κ3) is 5.51. The maximum Gasteiger partial charge on any atom is 0.387 e. The smallest absolute Gasteiger partial charge is 0.387 e. The number of halogens is 2. The summed E-state index contributed by atoms with van der Waals surface area (Å²) in [4.78, 5) is 17.6. The number of nitrogens with zero attached hydrogens (tertiary/aromatic N) is 1. The summed E-state index contributed by atoms with van der Waals surface area (Å²) < 4.78 is 34.3. The molecule has 0 saturated heterocycles. The molecular weight excluding hydrogens is 398 g/mol. The fourth-order valence-corrected chi connectivity index (χ4v) is 3.80. The van der Waals surface area contributed by atoms with Crippen molar-refractivity contribution in [1.82, 2.24) is 10.3 Å². The van der Waals surface area contributed by atoms with Crippen LogP contribution in [0.25, 0.3) is 0 Å². The van der Waals surface area contributed by atoms with Crippen molar-refractivity contribution >= 4 is 17.2 Å². The Morgan fingerprint density at radius 1 is 1.14 bits per heavy atom. The zero-order valence-electron chi connectivity index (χ0n) is 15.9. The first-order valence-corrected chi connectivity index (χ1v) is 9.68. The lowest BCUT2D eigenvalue weighted by molar-refractivity contribution is -0.0512. The van der Waals surface area contributed by atoms with Gasteiger partial charge in [-0.15, -0.1) is 11.3 Å². The fraction of sp³-hybridized carbons (Fsp3) is 0.238. The number of aryl methyl sites for hydroxylation is 1. The van der Waals surface area contributed by atoms with Crippen LogP contribution in [-0.4, -0.2) is 24.6 Å². The van der Waals surface area contributed by atoms with Crippen LogP contribution in [0, 0.1) is 6.92 Å². The summed E-state index contributed by atoms with van der Waals surface area (Å²) in [5.41, 5.74) is 2.51. The molecule has 0 spiro atoms. The molecule has 0 atom stereocenters. The van der Waals surface area contributed by atoms with E-state index in [0.717, 1.165) is 10.6 Å². The Bertz CT molecular complexity index is 977. The summed E-state index contributed by atoms with van der Waals surface area (Å²) in [6.45, 7) is -0.914. The molecule has 152 valence electrons. The van der Waals surface area contributed by atoms with E-state index < -0.39 is 6.61 Å². The summed E-state index contributed by atoms with van der Waals surface area (Å²) in [6, 6.07) is 14.5. The molecule has 0 saturated carbocycles. The molecule has 3 aromatic rings. The van der Waals surface area contributed by atoms with Crippen LogP contribution in [0.3, 0.4) is 0 Å². The van der Waals surface area contributed by atoms with Crippen molar-refractivity contribution in [2.24, 2.45) is 0 Å². The second-order valence-corrected chi connectivity index (χ2v) is 7.31. The molecule has 0 aliphatic heterocycles. The van der Waals surface area contributed by atoms with Crippen LogP contribution < -0.4 is 14.8 Å². The van der Waals surface area contributed by atoms with E-state index in [4.69, 9.17) is 4.74 Å². The molecule has 0 aliphatic carbocycles. The Balaban J connectivity index is 1.65. The van der Waals surface area contributed by atoms with Crippen molar-refractivity contribution in [3.8, 4) is 11.5 Å². The predicted octanol–water partition coefficient (Wildman–Crippen LogP) is 4.58. The standard InChI is InChI=1S/C21H20F2N2O3S/c1-13-19(29-18(25-13)11-14-6-4-3-5-7-14)20(26)24-12-15-8-9-16(28-21(22)23)17(10-15)27-2/h3-10,21H,11-12H2,1-2H3,(H,24,26). The van der Waals surface area contributed by atoms with Gasteiger partial charge in [0, 0.05) is 13.0 Å². The second-order valence-electron chi connectivity index (χ2n) is 6.23. The number of carbonyl (C=O) groups is 1. The number of rotatable bonds is 8. The van der Waals surface area contributed by atoms with Gasteiger partial charge in [-0.3, -0.25) is 4.79 Å². The summed E-state index contributed by atoms with van der Waals surface area (Å²) in [7, 11) is 1.37. The molecule has 0 unspecified atom stereocenters. The summed E-state index contributed by atoms with van der Waals surface area (Å²) in [5, 5.41) is 3.70. The van der Waals surface area contributed by atoms with Gasteiger partial charge in [0.2, 0.25) is 0 Å². The molecule has 0 aliphatic rings. The zero-order valence-corrected chi connectivity index (χ0v) is 16.8. The maximum atomic E-state index is 12.6. The first-order valence-electron chi connectivity index (χ1n) is 8.86. The minimum Gasteiger partial charge on any atom is -0.493 e. The highest BCUT2D eigenvalue weighted by atomic mass is 32.1. The van der Waals surface area contributed by atoms with E-state index in [-0.39, 0.29) is 24.0 Å². The van der Waals surface area contributed by atoms with E-state index in [9.17, 15) is 13.6 Å². The van der Waals surface area contributed by atoms with E-state index in [1.165, 1.54) is 24.5 Å². The van der Waals surface area contributed by atoms with E-state index in [2.05, 4.69) is 15.0 Å². The van der Waals surface area contributed by atoms with Gasteiger partial charge in [0.1, 0.15) is 4.88 Å². The van der Waals surface area contributed by atoms with Crippen LogP contribution in [0.2, 0.25) is 0 Å². The molecule has 29 heavy (non-hydrogen) atoms. The summed E-state index contributed by atoms with van der Waals surface area (Å²) in [6.07, 6.45) is 0.669. The molecule has 1 amide bonds. The quantitative estimate of drug-likeness (QED) is 0.582. The number of nitrogens with one attached hydrogen (secondary N) is 1. The number of thiazole rings is 1. The summed E-state index contributed by atoms with van der Waals surface area (Å²) >= 11 is 1.36. The van der Waals surface area contributed by atoms with E-state index in [1.807, 2.05) is 30.3 Å². The number of hydrogen-bond acceptors (Lipinski definition) is 5. The molecule has 3 rings (SSSR count). The molecule has 1 N–H and O–H groups in total. The Morgan fingerprint density at radius 3 is 2.59 bits per heavy atom. The normalized spacial score (nSPS) is 10.8. The zero-order chi connectivity index (χ0) is 20.8. The third-order valence-corrected chi connectivity index (χ3v) is 5.30. The van der Waals surface area contributed by atoms with Crippen molar-refractivity contribution in [2.75, 3.05) is 7.11 Å². The van der Waals surface area contributed by atoms with Crippen LogP contribution in [0.15, 0.2) is 48.5 Å². The number of amides is 1. The van der Waals surface area contributed by atoms with Gasteiger partial charge in [-0.05, 0) is 30.2 Å². The van der Waals surface area contributed by atoms with E-state index in [1.54, 1.807) is 19.1 Å². The maximum absolute atomic E-state index is 12.6. The van der Waals surface area contributed by atoms with Crippen molar-refractivity contribution in [3.63, 3.8) is 0 Å². The van der Waals surface area contributed by atoms with Crippen LogP contribution in [-0.2, 0) is 13.0 Å². The number of hydrogen-bond donors (Lipinski definition) is 1. The summed E-state index contributed by atoms with van der Waals surface area (Å²) in [5.74, 6) is -0.108. The highest BCUT2D eigenvalue weighted by Crippen LogP contribution is 2.29. The topological polar surface area (TPSA) is 60.5 Å². The van der Waals surface area contributed by atoms with Crippen molar-refractivity contribution < 1.29 is 23.0 Å². The molecule has 1 heterocycles. The SMILES string of the molecule is COc1cc(CNC(=O)c2sc(Cc3ccccc3)nc2C)ccc1OC(F)F. The van der Waals surface area contributed by atoms with E-state index in [0.29, 0.717) is 22.6 Å². The molecule has 0 fully saturated rings. The van der Waals surface area contributed by atoms with Gasteiger partial charge < -0.3 is 14.8 Å². The number of methoxy groups -OCH3 is 1. The number of carbonyl (C=O) groups excluding carboxylic acids is 1. The first-order chi connectivity index (χ1) is 14.0. The van der Waals surface area contributed by atoms with E-state index >= 15 is 0 Å². The second kappa shape index (κ2) is 9.47. The van der Waals surface area contributed by atoms with Crippen LogP contribution >= 0.6 is 11.3 Å². The minimum absolute atomic E-state index is 0.0542. The predicted molar refractivity (Wildman–Crippen MR) is 107 cm³/mol. The molecule has 2 aromatic carbocycles. The van der Waals surface area contributed by atoms with Crippen LogP contribution in [0.1, 0.15) is 31.5 Å². The van der Waals surface area contributed by atoms with Gasteiger partial charge >= 0.3 is 6.61 Å². The van der Waals surface area contributed by atoms with Crippen molar-refractivity contribution in [1.29, 1.82) is 0 Å². The Labute approximate surface area is 171 Å². The number of aromatic nitrogens is 1. The molecule has 8 heteroatoms. The monoisotopic (exact) mass is 418 g/mol. The first kappa shape index (κ1) is 20.7. The average molecular weight is 418 g/mol. The number of ether oxygens (including phenoxy) is 2. The van der Waals surface area contributed by atoms with Gasteiger partial charge in [0.05, 0.1) is 17.8 Å². The highest BCUT2D eigenvalue weighted by Gasteiger charge is 2.16. The lowest BCUT2D eigenvalue weighted by Crippen LogP contribution is -2.22. The lowest BCUT2D eigenvalue weighted by atomic mass is 10.2. The molecule has 0 radical (unpaired) electrons. The van der Waals surface area contributed by atoms with Crippen LogP contribution in [0.4, 0.5) is 8.78 Å². The molecule has 0 bridgehead atoms. The Hall–Kier alpha value is -3.00. The number of benzene rings is 2. The Morgan fingerprint density at radius 2 is 1.90 bits per heavy atom. The molecular formula is C21H20F2N2O3S. The largest absolute Gasteiger partial charge is 0.493 e. The lowest BCUT2D eigenvalue weighted by Gasteiger charge is -2.11. The van der Waals surface area contributed by atoms with Crippen LogP contribution in [0.5, 0.6) is 11.5 Å². The Kier molecular flexibility index (Phi) is 6.77.